The Morgan fingerprint density at radius 1 is 1.55 bits per heavy atom. The summed E-state index contributed by atoms with van der Waals surface area (Å²) in [5.74, 6) is 1.01. The molecule has 1 rings (SSSR count). The summed E-state index contributed by atoms with van der Waals surface area (Å²) in [5, 5.41) is 0. The number of allylic oxidation sites excluding steroid dienone is 4. The number of imidazole rings is 1. The molecule has 0 saturated carbocycles. The zero-order valence-electron chi connectivity index (χ0n) is 6.62. The molecule has 1 aromatic heterocycles. The van der Waals surface area contributed by atoms with Crippen LogP contribution in [0.15, 0.2) is 36.7 Å². The monoisotopic (exact) mass is 148 g/mol. The Labute approximate surface area is 66.7 Å². The van der Waals surface area contributed by atoms with E-state index in [1.807, 2.05) is 31.3 Å². The predicted octanol–water partition coefficient (Wildman–Crippen LogP) is 2.08. The second kappa shape index (κ2) is 4.50. The largest absolute Gasteiger partial charge is 0.348 e. The average Bonchev–Trinajstić information content (AvgIpc) is 2.50. The summed E-state index contributed by atoms with van der Waals surface area (Å²) in [6.45, 7) is 2.00. The Hall–Kier alpha value is -1.31. The first-order chi connectivity index (χ1) is 5.43. The van der Waals surface area contributed by atoms with Gasteiger partial charge in [0.2, 0.25) is 0 Å². The average molecular weight is 148 g/mol. The molecule has 1 N–H and O–H groups in total. The van der Waals surface area contributed by atoms with Crippen LogP contribution in [0.2, 0.25) is 0 Å². The lowest BCUT2D eigenvalue weighted by atomic mass is 10.3. The number of aromatic amines is 1. The van der Waals surface area contributed by atoms with Crippen LogP contribution in [0.5, 0.6) is 0 Å². The van der Waals surface area contributed by atoms with Crippen LogP contribution >= 0.6 is 0 Å². The van der Waals surface area contributed by atoms with E-state index >= 15 is 0 Å². The van der Waals surface area contributed by atoms with Gasteiger partial charge in [0, 0.05) is 18.8 Å². The summed E-state index contributed by atoms with van der Waals surface area (Å²) in [5.41, 5.74) is 0. The molecule has 0 unspecified atom stereocenters. The van der Waals surface area contributed by atoms with Crippen molar-refractivity contribution in [3.8, 4) is 0 Å². The molecule has 0 aliphatic heterocycles. The molecular formula is C9H12N2. The molecule has 0 bridgehead atoms. The minimum atomic E-state index is 0.872. The van der Waals surface area contributed by atoms with Crippen LogP contribution in [0.25, 0.3) is 0 Å². The van der Waals surface area contributed by atoms with Gasteiger partial charge in [-0.2, -0.15) is 0 Å². The number of nitrogens with zero attached hydrogens (tertiary/aromatic N) is 1. The number of aromatic nitrogens is 2. The van der Waals surface area contributed by atoms with E-state index in [9.17, 15) is 0 Å². The molecule has 0 aromatic carbocycles. The lowest BCUT2D eigenvalue weighted by molar-refractivity contribution is 1.06. The minimum absolute atomic E-state index is 0.872. The molecular weight excluding hydrogens is 136 g/mol. The van der Waals surface area contributed by atoms with Crippen molar-refractivity contribution in [2.45, 2.75) is 13.3 Å². The highest BCUT2D eigenvalue weighted by molar-refractivity contribution is 5.05. The van der Waals surface area contributed by atoms with E-state index in [0.29, 0.717) is 0 Å². The van der Waals surface area contributed by atoms with E-state index in [-0.39, 0.29) is 0 Å². The van der Waals surface area contributed by atoms with E-state index in [0.717, 1.165) is 12.2 Å². The summed E-state index contributed by atoms with van der Waals surface area (Å²) < 4.78 is 0. The van der Waals surface area contributed by atoms with Gasteiger partial charge in [-0.25, -0.2) is 4.98 Å². The second-order valence-corrected chi connectivity index (χ2v) is 2.19. The van der Waals surface area contributed by atoms with Crippen molar-refractivity contribution in [3.63, 3.8) is 0 Å². The van der Waals surface area contributed by atoms with Crippen molar-refractivity contribution in [2.24, 2.45) is 0 Å². The van der Waals surface area contributed by atoms with Crippen molar-refractivity contribution in [2.75, 3.05) is 0 Å². The third-order valence-corrected chi connectivity index (χ3v) is 1.31. The smallest absolute Gasteiger partial charge is 0.109 e. The van der Waals surface area contributed by atoms with Crippen LogP contribution in [0.3, 0.4) is 0 Å². The van der Waals surface area contributed by atoms with Crippen molar-refractivity contribution in [1.29, 1.82) is 0 Å². The molecule has 0 aliphatic rings. The zero-order valence-corrected chi connectivity index (χ0v) is 6.62. The first-order valence-corrected chi connectivity index (χ1v) is 3.69. The molecule has 0 fully saturated rings. The Kier molecular flexibility index (Phi) is 3.19. The van der Waals surface area contributed by atoms with Gasteiger partial charge in [0.25, 0.3) is 0 Å². The topological polar surface area (TPSA) is 28.7 Å². The molecule has 0 spiro atoms. The highest BCUT2D eigenvalue weighted by Crippen LogP contribution is 1.91. The molecule has 2 nitrogen and oxygen atoms in total. The fraction of sp³-hybridized carbons (Fsp3) is 0.222. The Bertz CT molecular complexity index is 232. The summed E-state index contributed by atoms with van der Waals surface area (Å²) in [7, 11) is 0. The van der Waals surface area contributed by atoms with Crippen LogP contribution in [-0.4, -0.2) is 9.97 Å². The van der Waals surface area contributed by atoms with Gasteiger partial charge < -0.3 is 4.98 Å². The number of H-pyrrole nitrogens is 1. The van der Waals surface area contributed by atoms with Crippen LogP contribution in [0.1, 0.15) is 12.7 Å². The van der Waals surface area contributed by atoms with Crippen molar-refractivity contribution >= 4 is 0 Å². The van der Waals surface area contributed by atoms with E-state index in [2.05, 4.69) is 16.0 Å². The van der Waals surface area contributed by atoms with Gasteiger partial charge in [-0.05, 0) is 6.92 Å². The zero-order chi connectivity index (χ0) is 7.94. The Morgan fingerprint density at radius 2 is 2.45 bits per heavy atom. The summed E-state index contributed by atoms with van der Waals surface area (Å²) in [6.07, 6.45) is 12.6. The molecule has 1 heterocycles. The summed E-state index contributed by atoms with van der Waals surface area (Å²) in [6, 6.07) is 0. The maximum Gasteiger partial charge on any atom is 0.109 e. The van der Waals surface area contributed by atoms with Gasteiger partial charge in [-0.1, -0.05) is 24.3 Å². The molecule has 0 atom stereocenters. The van der Waals surface area contributed by atoms with Gasteiger partial charge in [-0.3, -0.25) is 0 Å². The third-order valence-electron chi connectivity index (χ3n) is 1.31. The van der Waals surface area contributed by atoms with E-state index in [1.54, 1.807) is 6.20 Å². The molecule has 0 radical (unpaired) electrons. The quantitative estimate of drug-likeness (QED) is 0.653. The lowest BCUT2D eigenvalue weighted by Crippen LogP contribution is -1.81. The minimum Gasteiger partial charge on any atom is -0.348 e. The SMILES string of the molecule is C/C=C/C=C/Cc1ncc[nH]1. The van der Waals surface area contributed by atoms with Crippen molar-refractivity contribution in [3.05, 3.63) is 42.5 Å². The number of rotatable bonds is 3. The van der Waals surface area contributed by atoms with Crippen molar-refractivity contribution < 1.29 is 0 Å². The van der Waals surface area contributed by atoms with Crippen LogP contribution in [-0.2, 0) is 6.42 Å². The lowest BCUT2D eigenvalue weighted by Gasteiger charge is -1.84. The van der Waals surface area contributed by atoms with Gasteiger partial charge >= 0.3 is 0 Å². The molecule has 11 heavy (non-hydrogen) atoms. The van der Waals surface area contributed by atoms with Gasteiger partial charge in [0.05, 0.1) is 0 Å². The van der Waals surface area contributed by atoms with E-state index in [1.165, 1.54) is 0 Å². The molecule has 2 heteroatoms. The van der Waals surface area contributed by atoms with Crippen LogP contribution < -0.4 is 0 Å². The van der Waals surface area contributed by atoms with Crippen LogP contribution in [0, 0.1) is 0 Å². The number of hydrogen-bond acceptors (Lipinski definition) is 1. The molecule has 58 valence electrons. The molecule has 1 aromatic rings. The van der Waals surface area contributed by atoms with Gasteiger partial charge in [-0.15, -0.1) is 0 Å². The van der Waals surface area contributed by atoms with E-state index < -0.39 is 0 Å². The second-order valence-electron chi connectivity index (χ2n) is 2.19. The first-order valence-electron chi connectivity index (χ1n) is 3.69. The first kappa shape index (κ1) is 7.79. The fourth-order valence-electron chi connectivity index (χ4n) is 0.779. The maximum atomic E-state index is 4.08. The van der Waals surface area contributed by atoms with Gasteiger partial charge in [0.15, 0.2) is 0 Å². The van der Waals surface area contributed by atoms with E-state index in [4.69, 9.17) is 0 Å². The highest BCUT2D eigenvalue weighted by Gasteiger charge is 1.86. The normalized spacial score (nSPS) is 11.7. The number of hydrogen-bond donors (Lipinski definition) is 1. The maximum absolute atomic E-state index is 4.08. The molecule has 0 saturated heterocycles. The Balaban J connectivity index is 2.34. The molecule has 0 amide bonds. The third kappa shape index (κ3) is 2.85. The molecule has 0 aliphatic carbocycles. The fourth-order valence-corrected chi connectivity index (χ4v) is 0.779. The van der Waals surface area contributed by atoms with Crippen LogP contribution in [0.4, 0.5) is 0 Å². The summed E-state index contributed by atoms with van der Waals surface area (Å²) in [4.78, 5) is 7.11. The highest BCUT2D eigenvalue weighted by atomic mass is 14.9. The van der Waals surface area contributed by atoms with Gasteiger partial charge in [0.1, 0.15) is 5.82 Å². The standard InChI is InChI=1S/C9H12N2/c1-2-3-4-5-6-9-10-7-8-11-9/h2-5,7-8H,6H2,1H3,(H,10,11)/b3-2+,5-4+. The summed E-state index contributed by atoms with van der Waals surface area (Å²) >= 11 is 0. The van der Waals surface area contributed by atoms with Crippen molar-refractivity contribution in [1.82, 2.24) is 9.97 Å². The Morgan fingerprint density at radius 3 is 3.09 bits per heavy atom. The predicted molar refractivity (Wildman–Crippen MR) is 46.2 cm³/mol. The number of nitrogens with one attached hydrogen (secondary N) is 1.